The van der Waals surface area contributed by atoms with Crippen molar-refractivity contribution in [3.05, 3.63) is 35.1 Å². The molecule has 0 saturated carbocycles. The summed E-state index contributed by atoms with van der Waals surface area (Å²) < 4.78 is 1.92. The number of hydrogen-bond donors (Lipinski definition) is 2. The SMILES string of the molecule is CNC1C(=O)Nc2cc(Sc3nccn3C)c(Cl)cc21. The van der Waals surface area contributed by atoms with Crippen LogP contribution in [0.3, 0.4) is 0 Å². The maximum absolute atomic E-state index is 11.8. The van der Waals surface area contributed by atoms with Gasteiger partial charge in [0.1, 0.15) is 6.04 Å². The number of nitrogens with one attached hydrogen (secondary N) is 2. The van der Waals surface area contributed by atoms with E-state index in [0.29, 0.717) is 5.02 Å². The lowest BCUT2D eigenvalue weighted by Gasteiger charge is -2.09. The van der Waals surface area contributed by atoms with Crippen molar-refractivity contribution in [1.82, 2.24) is 14.9 Å². The second kappa shape index (κ2) is 5.12. The van der Waals surface area contributed by atoms with E-state index < -0.39 is 0 Å². The highest BCUT2D eigenvalue weighted by Crippen LogP contribution is 2.40. The molecule has 0 saturated heterocycles. The van der Waals surface area contributed by atoms with E-state index in [1.54, 1.807) is 13.2 Å². The number of hydrogen-bond acceptors (Lipinski definition) is 4. The van der Waals surface area contributed by atoms with Crippen molar-refractivity contribution in [2.75, 3.05) is 12.4 Å². The van der Waals surface area contributed by atoms with Crippen LogP contribution in [0.25, 0.3) is 0 Å². The van der Waals surface area contributed by atoms with E-state index in [4.69, 9.17) is 11.6 Å². The van der Waals surface area contributed by atoms with Crippen LogP contribution >= 0.6 is 23.4 Å². The molecule has 2 N–H and O–H groups in total. The summed E-state index contributed by atoms with van der Waals surface area (Å²) in [5, 5.41) is 7.30. The Bertz CT molecular complexity index is 685. The lowest BCUT2D eigenvalue weighted by Crippen LogP contribution is -2.23. The number of aryl methyl sites for hydroxylation is 1. The number of imidazole rings is 1. The Morgan fingerprint density at radius 2 is 2.30 bits per heavy atom. The molecule has 1 atom stereocenters. The Labute approximate surface area is 125 Å². The third kappa shape index (κ3) is 2.19. The average Bonchev–Trinajstić information content (AvgIpc) is 2.93. The molecular formula is C13H13ClN4OS. The van der Waals surface area contributed by atoms with Gasteiger partial charge in [-0.25, -0.2) is 4.98 Å². The molecule has 1 aliphatic heterocycles. The first-order chi connectivity index (χ1) is 9.60. The van der Waals surface area contributed by atoms with Crippen LogP contribution in [0.2, 0.25) is 5.02 Å². The van der Waals surface area contributed by atoms with Gasteiger partial charge in [-0.15, -0.1) is 0 Å². The number of fused-ring (bicyclic) bond motifs is 1. The van der Waals surface area contributed by atoms with E-state index in [2.05, 4.69) is 15.6 Å². The molecule has 0 aliphatic carbocycles. The Balaban J connectivity index is 1.98. The molecule has 2 aromatic rings. The molecule has 0 bridgehead atoms. The van der Waals surface area contributed by atoms with Crippen LogP contribution < -0.4 is 10.6 Å². The number of amides is 1. The summed E-state index contributed by atoms with van der Waals surface area (Å²) in [5.74, 6) is -0.0577. The van der Waals surface area contributed by atoms with E-state index in [0.717, 1.165) is 21.3 Å². The zero-order chi connectivity index (χ0) is 14.3. The van der Waals surface area contributed by atoms with Crippen molar-refractivity contribution in [2.45, 2.75) is 16.1 Å². The Morgan fingerprint density at radius 3 is 2.95 bits per heavy atom. The lowest BCUT2D eigenvalue weighted by atomic mass is 10.1. The van der Waals surface area contributed by atoms with Crippen molar-refractivity contribution >= 4 is 35.0 Å². The summed E-state index contributed by atoms with van der Waals surface area (Å²) in [6, 6.07) is 3.39. The predicted octanol–water partition coefficient (Wildman–Crippen LogP) is 2.44. The third-order valence-electron chi connectivity index (χ3n) is 3.20. The molecule has 0 radical (unpaired) electrons. The summed E-state index contributed by atoms with van der Waals surface area (Å²) in [4.78, 5) is 16.9. The van der Waals surface area contributed by atoms with Gasteiger partial charge in [-0.1, -0.05) is 23.4 Å². The second-order valence-electron chi connectivity index (χ2n) is 4.50. The Hall–Kier alpha value is -1.50. The quantitative estimate of drug-likeness (QED) is 0.914. The molecule has 1 aromatic heterocycles. The lowest BCUT2D eigenvalue weighted by molar-refractivity contribution is -0.117. The van der Waals surface area contributed by atoms with Crippen LogP contribution in [-0.2, 0) is 11.8 Å². The predicted molar refractivity (Wildman–Crippen MR) is 79.2 cm³/mol. The maximum Gasteiger partial charge on any atom is 0.246 e. The summed E-state index contributed by atoms with van der Waals surface area (Å²) >= 11 is 7.79. The average molecular weight is 309 g/mol. The number of anilines is 1. The van der Waals surface area contributed by atoms with Crippen LogP contribution in [0.1, 0.15) is 11.6 Å². The second-order valence-corrected chi connectivity index (χ2v) is 5.92. The topological polar surface area (TPSA) is 59.0 Å². The molecular weight excluding hydrogens is 296 g/mol. The minimum atomic E-state index is -0.338. The molecule has 104 valence electrons. The number of nitrogens with zero attached hydrogens (tertiary/aromatic N) is 2. The summed E-state index contributed by atoms with van der Waals surface area (Å²) in [7, 11) is 3.68. The maximum atomic E-state index is 11.8. The summed E-state index contributed by atoms with van der Waals surface area (Å²) in [6.45, 7) is 0. The minimum Gasteiger partial charge on any atom is -0.329 e. The zero-order valence-corrected chi connectivity index (χ0v) is 12.5. The van der Waals surface area contributed by atoms with Crippen LogP contribution in [0, 0.1) is 0 Å². The van der Waals surface area contributed by atoms with Gasteiger partial charge in [0, 0.05) is 35.6 Å². The molecule has 1 aliphatic rings. The Kier molecular flexibility index (Phi) is 3.45. The van der Waals surface area contributed by atoms with Gasteiger partial charge in [0.15, 0.2) is 5.16 Å². The van der Waals surface area contributed by atoms with Gasteiger partial charge < -0.3 is 15.2 Å². The van der Waals surface area contributed by atoms with Gasteiger partial charge in [0.25, 0.3) is 0 Å². The largest absolute Gasteiger partial charge is 0.329 e. The number of carbonyl (C=O) groups is 1. The summed E-state index contributed by atoms with van der Waals surface area (Å²) in [5.41, 5.74) is 1.68. The number of aromatic nitrogens is 2. The fourth-order valence-electron chi connectivity index (χ4n) is 2.18. The smallest absolute Gasteiger partial charge is 0.246 e. The first kappa shape index (κ1) is 13.5. The fourth-order valence-corrected chi connectivity index (χ4v) is 3.31. The van der Waals surface area contributed by atoms with Gasteiger partial charge in [-0.3, -0.25) is 4.79 Å². The molecule has 7 heteroatoms. The third-order valence-corrected chi connectivity index (χ3v) is 4.76. The number of rotatable bonds is 3. The molecule has 1 unspecified atom stereocenters. The van der Waals surface area contributed by atoms with Crippen molar-refractivity contribution in [2.24, 2.45) is 7.05 Å². The van der Waals surface area contributed by atoms with Crippen molar-refractivity contribution in [3.8, 4) is 0 Å². The number of benzene rings is 1. The molecule has 1 aromatic carbocycles. The van der Waals surface area contributed by atoms with E-state index in [-0.39, 0.29) is 11.9 Å². The molecule has 5 nitrogen and oxygen atoms in total. The molecule has 20 heavy (non-hydrogen) atoms. The highest BCUT2D eigenvalue weighted by molar-refractivity contribution is 7.99. The molecule has 0 spiro atoms. The van der Waals surface area contributed by atoms with E-state index in [1.807, 2.05) is 29.9 Å². The van der Waals surface area contributed by atoms with Crippen LogP contribution in [0.5, 0.6) is 0 Å². The molecule has 3 rings (SSSR count). The van der Waals surface area contributed by atoms with Crippen molar-refractivity contribution < 1.29 is 4.79 Å². The highest BCUT2D eigenvalue weighted by atomic mass is 35.5. The normalized spacial score (nSPS) is 17.1. The van der Waals surface area contributed by atoms with Gasteiger partial charge in [-0.05, 0) is 19.2 Å². The van der Waals surface area contributed by atoms with Gasteiger partial charge in [-0.2, -0.15) is 0 Å². The zero-order valence-electron chi connectivity index (χ0n) is 11.0. The molecule has 2 heterocycles. The highest BCUT2D eigenvalue weighted by Gasteiger charge is 2.30. The van der Waals surface area contributed by atoms with Crippen LogP contribution in [0.15, 0.2) is 34.6 Å². The van der Waals surface area contributed by atoms with E-state index >= 15 is 0 Å². The van der Waals surface area contributed by atoms with E-state index in [1.165, 1.54) is 11.8 Å². The minimum absolute atomic E-state index is 0.0577. The molecule has 0 fully saturated rings. The molecule has 1 amide bonds. The van der Waals surface area contributed by atoms with Crippen molar-refractivity contribution in [3.63, 3.8) is 0 Å². The fraction of sp³-hybridized carbons (Fsp3) is 0.231. The van der Waals surface area contributed by atoms with E-state index in [9.17, 15) is 4.79 Å². The first-order valence-corrected chi connectivity index (χ1v) is 7.26. The van der Waals surface area contributed by atoms with Gasteiger partial charge >= 0.3 is 0 Å². The van der Waals surface area contributed by atoms with Crippen LogP contribution in [0.4, 0.5) is 5.69 Å². The van der Waals surface area contributed by atoms with Gasteiger partial charge in [0.2, 0.25) is 5.91 Å². The summed E-state index contributed by atoms with van der Waals surface area (Å²) in [6.07, 6.45) is 3.62. The number of likely N-dealkylation sites (N-methyl/N-ethyl adjacent to an activating group) is 1. The first-order valence-electron chi connectivity index (χ1n) is 6.07. The monoisotopic (exact) mass is 308 g/mol. The number of halogens is 1. The van der Waals surface area contributed by atoms with Crippen LogP contribution in [-0.4, -0.2) is 22.5 Å². The van der Waals surface area contributed by atoms with Crippen molar-refractivity contribution in [1.29, 1.82) is 0 Å². The Morgan fingerprint density at radius 1 is 1.50 bits per heavy atom. The number of carbonyl (C=O) groups excluding carboxylic acids is 1. The standard InChI is InChI=1S/C13H13ClN4OS/c1-15-11-7-5-8(14)10(6-9(7)17-12(11)19)20-13-16-3-4-18(13)2/h3-6,11,15H,1-2H3,(H,17,19). The van der Waals surface area contributed by atoms with Gasteiger partial charge in [0.05, 0.1) is 5.02 Å².